The summed E-state index contributed by atoms with van der Waals surface area (Å²) < 4.78 is 5.58. The molecule has 0 aliphatic carbocycles. The fraction of sp³-hybridized carbons (Fsp3) is 0.462. The zero-order valence-corrected chi connectivity index (χ0v) is 9.72. The Morgan fingerprint density at radius 1 is 1.19 bits per heavy atom. The van der Waals surface area contributed by atoms with Crippen molar-refractivity contribution in [2.24, 2.45) is 5.16 Å². The fourth-order valence-electron chi connectivity index (χ4n) is 1.44. The van der Waals surface area contributed by atoms with Crippen molar-refractivity contribution >= 4 is 6.21 Å². The first-order valence-corrected chi connectivity index (χ1v) is 5.77. The molecule has 0 aliphatic heterocycles. The average molecular weight is 221 g/mol. The molecule has 88 valence electrons. The minimum atomic E-state index is 0.771. The summed E-state index contributed by atoms with van der Waals surface area (Å²) in [4.78, 5) is 0. The number of hydrogen-bond donors (Lipinski definition) is 1. The average Bonchev–Trinajstić information content (AvgIpc) is 2.31. The molecule has 0 atom stereocenters. The topological polar surface area (TPSA) is 41.8 Å². The maximum absolute atomic E-state index is 8.35. The molecule has 16 heavy (non-hydrogen) atoms. The summed E-state index contributed by atoms with van der Waals surface area (Å²) in [5.41, 5.74) is 0.862. The van der Waals surface area contributed by atoms with Crippen LogP contribution < -0.4 is 4.74 Å². The van der Waals surface area contributed by atoms with Crippen LogP contribution in [0, 0.1) is 0 Å². The molecule has 0 aliphatic rings. The van der Waals surface area contributed by atoms with Crippen molar-refractivity contribution in [3.63, 3.8) is 0 Å². The van der Waals surface area contributed by atoms with Crippen molar-refractivity contribution in [2.45, 2.75) is 32.6 Å². The van der Waals surface area contributed by atoms with Crippen LogP contribution >= 0.6 is 0 Å². The van der Waals surface area contributed by atoms with Crippen LogP contribution in [0.1, 0.15) is 38.2 Å². The van der Waals surface area contributed by atoms with Gasteiger partial charge < -0.3 is 9.94 Å². The summed E-state index contributed by atoms with van der Waals surface area (Å²) in [6.45, 7) is 2.97. The van der Waals surface area contributed by atoms with Crippen molar-refractivity contribution in [1.82, 2.24) is 0 Å². The molecule has 0 amide bonds. The third-order valence-electron chi connectivity index (χ3n) is 2.35. The number of benzene rings is 1. The van der Waals surface area contributed by atoms with Gasteiger partial charge in [0.15, 0.2) is 0 Å². The summed E-state index contributed by atoms with van der Waals surface area (Å²) in [6, 6.07) is 7.50. The second-order valence-electron chi connectivity index (χ2n) is 3.72. The lowest BCUT2D eigenvalue weighted by atomic mass is 10.2. The van der Waals surface area contributed by atoms with Crippen molar-refractivity contribution in [3.05, 3.63) is 29.8 Å². The second kappa shape index (κ2) is 7.74. The first-order valence-electron chi connectivity index (χ1n) is 5.77. The van der Waals surface area contributed by atoms with Crippen molar-refractivity contribution < 1.29 is 9.94 Å². The Balaban J connectivity index is 2.26. The summed E-state index contributed by atoms with van der Waals surface area (Å²) >= 11 is 0. The standard InChI is InChI=1S/C13H19NO2/c1-2-3-4-5-10-16-13-8-6-12(7-9-13)11-14-15/h6-9,11,15H,2-5,10H2,1H3/b14-11-. The highest BCUT2D eigenvalue weighted by Gasteiger charge is 1.94. The lowest BCUT2D eigenvalue weighted by molar-refractivity contribution is 0.305. The Hall–Kier alpha value is -1.51. The van der Waals surface area contributed by atoms with Gasteiger partial charge in [-0.2, -0.15) is 0 Å². The number of oxime groups is 1. The fourth-order valence-corrected chi connectivity index (χ4v) is 1.44. The van der Waals surface area contributed by atoms with E-state index in [0.29, 0.717) is 0 Å². The van der Waals surface area contributed by atoms with Crippen molar-refractivity contribution in [3.8, 4) is 5.75 Å². The van der Waals surface area contributed by atoms with E-state index in [2.05, 4.69) is 12.1 Å². The van der Waals surface area contributed by atoms with Crippen LogP contribution in [0.15, 0.2) is 29.4 Å². The molecule has 0 saturated heterocycles. The van der Waals surface area contributed by atoms with Gasteiger partial charge in [-0.05, 0) is 36.2 Å². The molecule has 0 bridgehead atoms. The first kappa shape index (κ1) is 12.6. The van der Waals surface area contributed by atoms with Gasteiger partial charge >= 0.3 is 0 Å². The van der Waals surface area contributed by atoms with E-state index in [1.807, 2.05) is 24.3 Å². The Kier molecular flexibility index (Phi) is 6.07. The molecule has 0 heterocycles. The molecule has 1 rings (SSSR count). The second-order valence-corrected chi connectivity index (χ2v) is 3.72. The van der Waals surface area contributed by atoms with Crippen molar-refractivity contribution in [2.75, 3.05) is 6.61 Å². The van der Waals surface area contributed by atoms with Crippen LogP contribution in [0.3, 0.4) is 0 Å². The van der Waals surface area contributed by atoms with Gasteiger partial charge in [0.1, 0.15) is 5.75 Å². The molecule has 0 aromatic heterocycles. The molecule has 0 saturated carbocycles. The van der Waals surface area contributed by atoms with Crippen LogP contribution in [0.4, 0.5) is 0 Å². The molecule has 0 radical (unpaired) electrons. The zero-order valence-electron chi connectivity index (χ0n) is 9.72. The highest BCUT2D eigenvalue weighted by atomic mass is 16.5. The summed E-state index contributed by atoms with van der Waals surface area (Å²) in [6.07, 6.45) is 6.24. The van der Waals surface area contributed by atoms with E-state index in [1.54, 1.807) is 0 Å². The molecular formula is C13H19NO2. The molecule has 1 N–H and O–H groups in total. The number of ether oxygens (including phenoxy) is 1. The first-order chi connectivity index (χ1) is 7.86. The molecule has 0 spiro atoms. The number of rotatable bonds is 7. The summed E-state index contributed by atoms with van der Waals surface area (Å²) in [7, 11) is 0. The van der Waals surface area contributed by atoms with E-state index < -0.39 is 0 Å². The maximum atomic E-state index is 8.35. The van der Waals surface area contributed by atoms with Crippen LogP contribution in [0.5, 0.6) is 5.75 Å². The summed E-state index contributed by atoms with van der Waals surface area (Å²) in [5.74, 6) is 0.867. The quantitative estimate of drug-likeness (QED) is 0.331. The summed E-state index contributed by atoms with van der Waals surface area (Å²) in [5, 5.41) is 11.3. The van der Waals surface area contributed by atoms with Crippen LogP contribution in [0.2, 0.25) is 0 Å². The van der Waals surface area contributed by atoms with Gasteiger partial charge in [-0.25, -0.2) is 0 Å². The lowest BCUT2D eigenvalue weighted by Crippen LogP contribution is -1.97. The third-order valence-corrected chi connectivity index (χ3v) is 2.35. The molecule has 0 fully saturated rings. The highest BCUT2D eigenvalue weighted by Crippen LogP contribution is 2.12. The van der Waals surface area contributed by atoms with E-state index in [-0.39, 0.29) is 0 Å². The minimum Gasteiger partial charge on any atom is -0.494 e. The minimum absolute atomic E-state index is 0.771. The molecular weight excluding hydrogens is 202 g/mol. The molecule has 0 unspecified atom stereocenters. The van der Waals surface area contributed by atoms with E-state index in [0.717, 1.165) is 24.3 Å². The van der Waals surface area contributed by atoms with Crippen molar-refractivity contribution in [1.29, 1.82) is 0 Å². The Labute approximate surface area is 96.7 Å². The van der Waals surface area contributed by atoms with Gasteiger partial charge in [-0.1, -0.05) is 31.3 Å². The monoisotopic (exact) mass is 221 g/mol. The molecule has 1 aromatic rings. The Bertz CT molecular complexity index is 306. The maximum Gasteiger partial charge on any atom is 0.119 e. The predicted molar refractivity (Wildman–Crippen MR) is 65.5 cm³/mol. The smallest absolute Gasteiger partial charge is 0.119 e. The van der Waals surface area contributed by atoms with E-state index in [9.17, 15) is 0 Å². The largest absolute Gasteiger partial charge is 0.494 e. The van der Waals surface area contributed by atoms with Gasteiger partial charge in [0.2, 0.25) is 0 Å². The van der Waals surface area contributed by atoms with Crippen LogP contribution in [-0.2, 0) is 0 Å². The molecule has 1 aromatic carbocycles. The predicted octanol–water partition coefficient (Wildman–Crippen LogP) is 3.45. The zero-order chi connectivity index (χ0) is 11.6. The van der Waals surface area contributed by atoms with Gasteiger partial charge in [0.25, 0.3) is 0 Å². The highest BCUT2D eigenvalue weighted by molar-refractivity contribution is 5.79. The van der Waals surface area contributed by atoms with E-state index >= 15 is 0 Å². The van der Waals surface area contributed by atoms with Gasteiger partial charge in [0, 0.05) is 0 Å². The number of unbranched alkanes of at least 4 members (excludes halogenated alkanes) is 3. The van der Waals surface area contributed by atoms with Gasteiger partial charge in [-0.15, -0.1) is 0 Å². The van der Waals surface area contributed by atoms with E-state index in [4.69, 9.17) is 9.94 Å². The molecule has 3 heteroatoms. The third kappa shape index (κ3) is 4.82. The van der Waals surface area contributed by atoms with Crippen LogP contribution in [0.25, 0.3) is 0 Å². The Morgan fingerprint density at radius 3 is 2.56 bits per heavy atom. The van der Waals surface area contributed by atoms with Gasteiger partial charge in [-0.3, -0.25) is 0 Å². The van der Waals surface area contributed by atoms with E-state index in [1.165, 1.54) is 25.5 Å². The molecule has 3 nitrogen and oxygen atoms in total. The lowest BCUT2D eigenvalue weighted by Gasteiger charge is -2.05. The normalized spacial score (nSPS) is 10.8. The number of nitrogens with zero attached hydrogens (tertiary/aromatic N) is 1. The number of hydrogen-bond acceptors (Lipinski definition) is 3. The van der Waals surface area contributed by atoms with Gasteiger partial charge in [0.05, 0.1) is 12.8 Å². The SMILES string of the molecule is CCCCCCOc1ccc(/C=N\O)cc1. The van der Waals surface area contributed by atoms with Crippen LogP contribution in [-0.4, -0.2) is 18.0 Å². The Morgan fingerprint density at radius 2 is 1.94 bits per heavy atom.